The highest BCUT2D eigenvalue weighted by Gasteiger charge is 2.49. The molecule has 1 saturated carbocycles. The van der Waals surface area contributed by atoms with E-state index in [0.717, 1.165) is 36.7 Å². The van der Waals surface area contributed by atoms with E-state index in [9.17, 15) is 9.90 Å². The fraction of sp³-hybridized carbons (Fsp3) is 0.417. The van der Waals surface area contributed by atoms with Crippen LogP contribution in [0.15, 0.2) is 54.9 Å². The van der Waals surface area contributed by atoms with Gasteiger partial charge in [-0.1, -0.05) is 49.2 Å². The molecule has 2 fully saturated rings. The molecular formula is C24H27N3O2. The lowest BCUT2D eigenvalue weighted by Gasteiger charge is -2.52. The molecule has 2 aromatic carbocycles. The molecule has 0 bridgehead atoms. The normalized spacial score (nSPS) is 27.0. The molecule has 2 heterocycles. The van der Waals surface area contributed by atoms with Crippen molar-refractivity contribution in [3.8, 4) is 0 Å². The predicted octanol–water partition coefficient (Wildman–Crippen LogP) is 3.94. The third kappa shape index (κ3) is 3.23. The first-order valence-corrected chi connectivity index (χ1v) is 10.7. The molecular weight excluding hydrogens is 362 g/mol. The van der Waals surface area contributed by atoms with E-state index >= 15 is 0 Å². The van der Waals surface area contributed by atoms with Crippen LogP contribution in [0.2, 0.25) is 0 Å². The Balaban J connectivity index is 1.45. The third-order valence-electron chi connectivity index (χ3n) is 6.90. The number of rotatable bonds is 3. The van der Waals surface area contributed by atoms with E-state index in [4.69, 9.17) is 0 Å². The standard InChI is InChI=1S/C24H27N3O2/c28-23(18-9-6-11-20-22(18)26-16-25-20)27-14-13-24(29,15-17-7-2-1-3-8-17)19-10-4-5-12-21(19)27/h1-3,6-9,11,16,19,21,29H,4-5,10,12-15H2,(H,25,26)/t19-,21+,24-/m0/s1. The van der Waals surface area contributed by atoms with Crippen LogP contribution in [0.4, 0.5) is 0 Å². The molecule has 0 radical (unpaired) electrons. The van der Waals surface area contributed by atoms with Crippen LogP contribution >= 0.6 is 0 Å². The van der Waals surface area contributed by atoms with Gasteiger partial charge in [0.1, 0.15) is 5.52 Å². The van der Waals surface area contributed by atoms with Crippen molar-refractivity contribution in [2.45, 2.75) is 50.2 Å². The number of nitrogens with zero attached hydrogens (tertiary/aromatic N) is 2. The SMILES string of the molecule is O=C(c1cccc2[nH]cnc12)N1CC[C@](O)(Cc2ccccc2)[C@H]2CCCC[C@H]21. The topological polar surface area (TPSA) is 69.2 Å². The number of likely N-dealkylation sites (tertiary alicyclic amines) is 1. The molecule has 0 spiro atoms. The summed E-state index contributed by atoms with van der Waals surface area (Å²) >= 11 is 0. The number of benzene rings is 2. The van der Waals surface area contributed by atoms with Gasteiger partial charge in [-0.3, -0.25) is 4.79 Å². The van der Waals surface area contributed by atoms with Crippen LogP contribution in [-0.2, 0) is 6.42 Å². The smallest absolute Gasteiger partial charge is 0.256 e. The summed E-state index contributed by atoms with van der Waals surface area (Å²) < 4.78 is 0. The van der Waals surface area contributed by atoms with Gasteiger partial charge in [0, 0.05) is 24.9 Å². The molecule has 5 heteroatoms. The molecule has 5 rings (SSSR count). The van der Waals surface area contributed by atoms with Crippen molar-refractivity contribution in [1.29, 1.82) is 0 Å². The Labute approximate surface area is 170 Å². The van der Waals surface area contributed by atoms with E-state index in [1.165, 1.54) is 5.56 Å². The number of piperidine rings is 1. The molecule has 3 aromatic rings. The van der Waals surface area contributed by atoms with Crippen LogP contribution < -0.4 is 0 Å². The Bertz CT molecular complexity index is 1020. The number of nitrogens with one attached hydrogen (secondary N) is 1. The zero-order valence-corrected chi connectivity index (χ0v) is 16.6. The second kappa shape index (κ2) is 7.30. The predicted molar refractivity (Wildman–Crippen MR) is 113 cm³/mol. The molecule has 29 heavy (non-hydrogen) atoms. The Morgan fingerprint density at radius 2 is 1.97 bits per heavy atom. The summed E-state index contributed by atoms with van der Waals surface area (Å²) in [7, 11) is 0. The van der Waals surface area contributed by atoms with Crippen molar-refractivity contribution in [3.63, 3.8) is 0 Å². The van der Waals surface area contributed by atoms with Crippen LogP contribution in [0.5, 0.6) is 0 Å². The summed E-state index contributed by atoms with van der Waals surface area (Å²) in [5.41, 5.74) is 2.69. The minimum absolute atomic E-state index is 0.0429. The van der Waals surface area contributed by atoms with Crippen molar-refractivity contribution in [1.82, 2.24) is 14.9 Å². The van der Waals surface area contributed by atoms with Gasteiger partial charge in [0.05, 0.1) is 23.0 Å². The highest BCUT2D eigenvalue weighted by molar-refractivity contribution is 6.05. The molecule has 2 N–H and O–H groups in total. The molecule has 1 amide bonds. The quantitative estimate of drug-likeness (QED) is 0.713. The van der Waals surface area contributed by atoms with Crippen LogP contribution in [-0.4, -0.2) is 44.1 Å². The van der Waals surface area contributed by atoms with E-state index in [1.807, 2.05) is 41.3 Å². The van der Waals surface area contributed by atoms with Crippen LogP contribution in [0.1, 0.15) is 48.0 Å². The lowest BCUT2D eigenvalue weighted by Crippen LogP contribution is -2.61. The van der Waals surface area contributed by atoms with Gasteiger partial charge in [-0.2, -0.15) is 0 Å². The first kappa shape index (κ1) is 18.4. The number of aliphatic hydroxyl groups is 1. The Hall–Kier alpha value is -2.66. The van der Waals surface area contributed by atoms with Gasteiger partial charge in [0.25, 0.3) is 5.91 Å². The Morgan fingerprint density at radius 3 is 2.83 bits per heavy atom. The fourth-order valence-electron chi connectivity index (χ4n) is 5.49. The highest BCUT2D eigenvalue weighted by atomic mass is 16.3. The summed E-state index contributed by atoms with van der Waals surface area (Å²) in [6.07, 6.45) is 7.08. The number of carbonyl (C=O) groups excluding carboxylic acids is 1. The van der Waals surface area contributed by atoms with Crippen molar-refractivity contribution in [2.75, 3.05) is 6.54 Å². The van der Waals surface area contributed by atoms with Crippen molar-refractivity contribution >= 4 is 16.9 Å². The molecule has 0 unspecified atom stereocenters. The third-order valence-corrected chi connectivity index (χ3v) is 6.90. The summed E-state index contributed by atoms with van der Waals surface area (Å²) in [6, 6.07) is 16.0. The van der Waals surface area contributed by atoms with Gasteiger partial charge in [-0.25, -0.2) is 4.98 Å². The summed E-state index contributed by atoms with van der Waals surface area (Å²) in [4.78, 5) is 23.0. The van der Waals surface area contributed by atoms with Gasteiger partial charge >= 0.3 is 0 Å². The number of hydrogen-bond acceptors (Lipinski definition) is 3. The van der Waals surface area contributed by atoms with Crippen molar-refractivity contribution in [2.24, 2.45) is 5.92 Å². The number of para-hydroxylation sites is 1. The number of carbonyl (C=O) groups is 1. The second-order valence-corrected chi connectivity index (χ2v) is 8.58. The van der Waals surface area contributed by atoms with Gasteiger partial charge in [0.2, 0.25) is 0 Å². The van der Waals surface area contributed by atoms with E-state index in [1.54, 1.807) is 6.33 Å². The van der Waals surface area contributed by atoms with Crippen LogP contribution in [0.3, 0.4) is 0 Å². The first-order valence-electron chi connectivity index (χ1n) is 10.7. The lowest BCUT2D eigenvalue weighted by molar-refractivity contribution is -0.104. The number of imidazole rings is 1. The lowest BCUT2D eigenvalue weighted by atomic mass is 9.67. The molecule has 1 aromatic heterocycles. The number of H-pyrrole nitrogens is 1. The average Bonchev–Trinajstić information content (AvgIpc) is 3.23. The zero-order chi connectivity index (χ0) is 19.8. The van der Waals surface area contributed by atoms with E-state index in [-0.39, 0.29) is 17.9 Å². The van der Waals surface area contributed by atoms with Crippen LogP contribution in [0, 0.1) is 5.92 Å². The average molecular weight is 389 g/mol. The maximum Gasteiger partial charge on any atom is 0.256 e. The monoisotopic (exact) mass is 389 g/mol. The maximum atomic E-state index is 13.5. The molecule has 5 nitrogen and oxygen atoms in total. The minimum atomic E-state index is -0.748. The van der Waals surface area contributed by atoms with E-state index < -0.39 is 5.60 Å². The summed E-state index contributed by atoms with van der Waals surface area (Å²) in [5, 5.41) is 11.7. The minimum Gasteiger partial charge on any atom is -0.389 e. The van der Waals surface area contributed by atoms with Crippen LogP contribution in [0.25, 0.3) is 11.0 Å². The van der Waals surface area contributed by atoms with Crippen molar-refractivity contribution < 1.29 is 9.90 Å². The second-order valence-electron chi connectivity index (χ2n) is 8.58. The van der Waals surface area contributed by atoms with E-state index in [0.29, 0.717) is 24.9 Å². The number of hydrogen-bond donors (Lipinski definition) is 2. The molecule has 3 atom stereocenters. The zero-order valence-electron chi connectivity index (χ0n) is 16.6. The maximum absolute atomic E-state index is 13.5. The largest absolute Gasteiger partial charge is 0.389 e. The molecule has 1 aliphatic heterocycles. The number of aromatic amines is 1. The summed E-state index contributed by atoms with van der Waals surface area (Å²) in [5.74, 6) is 0.161. The summed E-state index contributed by atoms with van der Waals surface area (Å²) in [6.45, 7) is 0.587. The fourth-order valence-corrected chi connectivity index (χ4v) is 5.49. The highest BCUT2D eigenvalue weighted by Crippen LogP contribution is 2.43. The van der Waals surface area contributed by atoms with Gasteiger partial charge < -0.3 is 15.0 Å². The van der Waals surface area contributed by atoms with Gasteiger partial charge in [-0.05, 0) is 37.0 Å². The number of fused-ring (bicyclic) bond motifs is 2. The molecule has 1 aliphatic carbocycles. The van der Waals surface area contributed by atoms with Crippen molar-refractivity contribution in [3.05, 3.63) is 66.0 Å². The molecule has 2 aliphatic rings. The van der Waals surface area contributed by atoms with Gasteiger partial charge in [-0.15, -0.1) is 0 Å². The van der Waals surface area contributed by atoms with Gasteiger partial charge in [0.15, 0.2) is 0 Å². The molecule has 150 valence electrons. The Kier molecular flexibility index (Phi) is 4.63. The number of amides is 1. The van der Waals surface area contributed by atoms with E-state index in [2.05, 4.69) is 22.1 Å². The molecule has 1 saturated heterocycles. The first-order chi connectivity index (χ1) is 14.2. The Morgan fingerprint density at radius 1 is 1.14 bits per heavy atom. The number of aromatic nitrogens is 2.